The van der Waals surface area contributed by atoms with Gasteiger partial charge in [-0.15, -0.1) is 0 Å². The molecule has 0 saturated carbocycles. The SMILES string of the molecule is CCCC(=O)Oc1c(OC(C)C)c(OC(C)C)c(O)c2ccc(Cl)cc12. The van der Waals surface area contributed by atoms with E-state index in [2.05, 4.69) is 0 Å². The molecule has 2 aromatic carbocycles. The van der Waals surface area contributed by atoms with Crippen molar-refractivity contribution in [2.24, 2.45) is 0 Å². The van der Waals surface area contributed by atoms with Crippen LogP contribution in [0.1, 0.15) is 47.5 Å². The number of fused-ring (bicyclic) bond motifs is 1. The molecule has 0 amide bonds. The molecule has 5 nitrogen and oxygen atoms in total. The molecule has 0 atom stereocenters. The van der Waals surface area contributed by atoms with Gasteiger partial charge in [0.15, 0.2) is 11.5 Å². The smallest absolute Gasteiger partial charge is 0.311 e. The summed E-state index contributed by atoms with van der Waals surface area (Å²) < 4.78 is 17.3. The number of hydrogen-bond donors (Lipinski definition) is 1. The van der Waals surface area contributed by atoms with Crippen LogP contribution in [-0.4, -0.2) is 23.3 Å². The maximum absolute atomic E-state index is 12.2. The van der Waals surface area contributed by atoms with Crippen LogP contribution < -0.4 is 14.2 Å². The second-order valence-electron chi connectivity index (χ2n) is 6.58. The molecule has 142 valence electrons. The zero-order valence-electron chi connectivity index (χ0n) is 15.8. The fraction of sp³-hybridized carbons (Fsp3) is 0.450. The Morgan fingerprint density at radius 3 is 2.23 bits per heavy atom. The first kappa shape index (κ1) is 20.2. The quantitative estimate of drug-likeness (QED) is 0.509. The fourth-order valence-corrected chi connectivity index (χ4v) is 2.70. The lowest BCUT2D eigenvalue weighted by Gasteiger charge is -2.22. The van der Waals surface area contributed by atoms with Gasteiger partial charge in [-0.25, -0.2) is 0 Å². The second-order valence-corrected chi connectivity index (χ2v) is 7.02. The average Bonchev–Trinajstić information content (AvgIpc) is 2.54. The lowest BCUT2D eigenvalue weighted by molar-refractivity contribution is -0.134. The summed E-state index contributed by atoms with van der Waals surface area (Å²) in [7, 11) is 0. The molecule has 0 fully saturated rings. The minimum absolute atomic E-state index is 0.0729. The van der Waals surface area contributed by atoms with Gasteiger partial charge in [0.2, 0.25) is 11.5 Å². The maximum atomic E-state index is 12.2. The van der Waals surface area contributed by atoms with Crippen LogP contribution in [0.4, 0.5) is 0 Å². The number of benzene rings is 2. The number of esters is 1. The first-order chi connectivity index (χ1) is 12.2. The Bertz CT molecular complexity index is 799. The van der Waals surface area contributed by atoms with E-state index in [0.29, 0.717) is 22.2 Å². The van der Waals surface area contributed by atoms with Crippen molar-refractivity contribution in [1.29, 1.82) is 0 Å². The molecule has 0 aliphatic carbocycles. The predicted molar refractivity (Wildman–Crippen MR) is 103 cm³/mol. The first-order valence-electron chi connectivity index (χ1n) is 8.76. The lowest BCUT2D eigenvalue weighted by atomic mass is 10.1. The van der Waals surface area contributed by atoms with Gasteiger partial charge < -0.3 is 19.3 Å². The van der Waals surface area contributed by atoms with E-state index in [1.54, 1.807) is 18.2 Å². The number of carbonyl (C=O) groups excluding carboxylic acids is 1. The molecule has 0 aromatic heterocycles. The Hall–Kier alpha value is -2.14. The van der Waals surface area contributed by atoms with Crippen LogP contribution in [0, 0.1) is 0 Å². The zero-order chi connectivity index (χ0) is 19.4. The summed E-state index contributed by atoms with van der Waals surface area (Å²) in [4.78, 5) is 12.2. The van der Waals surface area contributed by atoms with E-state index in [1.807, 2.05) is 34.6 Å². The zero-order valence-corrected chi connectivity index (χ0v) is 16.5. The van der Waals surface area contributed by atoms with Gasteiger partial charge in [-0.05, 0) is 52.3 Å². The van der Waals surface area contributed by atoms with Crippen LogP contribution in [0.2, 0.25) is 5.02 Å². The Kier molecular flexibility index (Phi) is 6.59. The molecule has 0 spiro atoms. The van der Waals surface area contributed by atoms with E-state index in [1.165, 1.54) is 0 Å². The van der Waals surface area contributed by atoms with E-state index in [4.69, 9.17) is 25.8 Å². The topological polar surface area (TPSA) is 65.0 Å². The number of aromatic hydroxyl groups is 1. The largest absolute Gasteiger partial charge is 0.504 e. The van der Waals surface area contributed by atoms with E-state index in [-0.39, 0.29) is 47.6 Å². The van der Waals surface area contributed by atoms with Gasteiger partial charge in [0.25, 0.3) is 0 Å². The molecular formula is C20H25ClO5. The number of phenols is 1. The average molecular weight is 381 g/mol. The highest BCUT2D eigenvalue weighted by Crippen LogP contribution is 2.52. The van der Waals surface area contributed by atoms with Crippen LogP contribution in [0.3, 0.4) is 0 Å². The third-order valence-electron chi connectivity index (χ3n) is 3.49. The maximum Gasteiger partial charge on any atom is 0.311 e. The van der Waals surface area contributed by atoms with Gasteiger partial charge in [-0.2, -0.15) is 0 Å². The van der Waals surface area contributed by atoms with Crippen molar-refractivity contribution in [1.82, 2.24) is 0 Å². The van der Waals surface area contributed by atoms with Crippen molar-refractivity contribution < 1.29 is 24.1 Å². The normalized spacial score (nSPS) is 11.2. The number of ether oxygens (including phenoxy) is 3. The van der Waals surface area contributed by atoms with Crippen LogP contribution in [0.5, 0.6) is 23.0 Å². The molecule has 0 radical (unpaired) electrons. The summed E-state index contributed by atoms with van der Waals surface area (Å²) in [5.41, 5.74) is 0. The summed E-state index contributed by atoms with van der Waals surface area (Å²) in [5.74, 6) is 0.108. The molecular weight excluding hydrogens is 356 g/mol. The van der Waals surface area contributed by atoms with Crippen LogP contribution in [-0.2, 0) is 4.79 Å². The minimum atomic E-state index is -0.386. The number of rotatable bonds is 7. The van der Waals surface area contributed by atoms with Crippen LogP contribution in [0.25, 0.3) is 10.8 Å². The van der Waals surface area contributed by atoms with Gasteiger partial charge in [0, 0.05) is 22.2 Å². The van der Waals surface area contributed by atoms with Crippen molar-refractivity contribution >= 4 is 28.3 Å². The van der Waals surface area contributed by atoms with E-state index in [0.717, 1.165) is 0 Å². The Balaban J connectivity index is 2.80. The summed E-state index contributed by atoms with van der Waals surface area (Å²) in [6.07, 6.45) is 0.499. The molecule has 26 heavy (non-hydrogen) atoms. The molecule has 0 aliphatic rings. The molecule has 0 saturated heterocycles. The molecule has 2 aromatic rings. The summed E-state index contributed by atoms with van der Waals surface area (Å²) >= 11 is 6.13. The standard InChI is InChI=1S/C20H25ClO5/c1-6-7-16(22)26-18-15-10-13(21)8-9-14(15)17(23)19(24-11(2)3)20(18)25-12(4)5/h8-12,23H,6-7H2,1-5H3. The molecule has 6 heteroatoms. The third-order valence-corrected chi connectivity index (χ3v) is 3.72. The van der Waals surface area contributed by atoms with Crippen molar-refractivity contribution in [2.45, 2.75) is 59.7 Å². The van der Waals surface area contributed by atoms with Crippen LogP contribution in [0.15, 0.2) is 18.2 Å². The number of carbonyl (C=O) groups is 1. The van der Waals surface area contributed by atoms with E-state index >= 15 is 0 Å². The predicted octanol–water partition coefficient (Wildman–Crippen LogP) is 5.48. The number of halogens is 1. The van der Waals surface area contributed by atoms with Crippen molar-refractivity contribution in [3.05, 3.63) is 23.2 Å². The molecule has 1 N–H and O–H groups in total. The lowest BCUT2D eigenvalue weighted by Crippen LogP contribution is -2.14. The van der Waals surface area contributed by atoms with Crippen molar-refractivity contribution in [3.63, 3.8) is 0 Å². The van der Waals surface area contributed by atoms with E-state index in [9.17, 15) is 9.90 Å². The van der Waals surface area contributed by atoms with Crippen molar-refractivity contribution in [3.8, 4) is 23.0 Å². The summed E-state index contributed by atoms with van der Waals surface area (Å²) in [6.45, 7) is 9.26. The summed E-state index contributed by atoms with van der Waals surface area (Å²) in [5, 5.41) is 12.2. The Morgan fingerprint density at radius 1 is 1.04 bits per heavy atom. The van der Waals surface area contributed by atoms with Gasteiger partial charge in [-0.1, -0.05) is 18.5 Å². The third kappa shape index (κ3) is 4.52. The minimum Gasteiger partial charge on any atom is -0.504 e. The van der Waals surface area contributed by atoms with Gasteiger partial charge >= 0.3 is 5.97 Å². The van der Waals surface area contributed by atoms with Gasteiger partial charge in [0.1, 0.15) is 0 Å². The fourth-order valence-electron chi connectivity index (χ4n) is 2.52. The first-order valence-corrected chi connectivity index (χ1v) is 9.14. The highest BCUT2D eigenvalue weighted by molar-refractivity contribution is 6.31. The van der Waals surface area contributed by atoms with E-state index < -0.39 is 0 Å². The Labute approximate surface area is 158 Å². The molecule has 0 heterocycles. The monoisotopic (exact) mass is 380 g/mol. The number of phenolic OH excluding ortho intramolecular Hbond substituents is 1. The van der Waals surface area contributed by atoms with Gasteiger partial charge in [-0.3, -0.25) is 4.79 Å². The molecule has 0 aliphatic heterocycles. The molecule has 0 bridgehead atoms. The number of hydrogen-bond acceptors (Lipinski definition) is 5. The highest BCUT2D eigenvalue weighted by atomic mass is 35.5. The van der Waals surface area contributed by atoms with Crippen LogP contribution >= 0.6 is 11.6 Å². The molecule has 0 unspecified atom stereocenters. The van der Waals surface area contributed by atoms with Gasteiger partial charge in [0.05, 0.1) is 12.2 Å². The molecule has 2 rings (SSSR count). The second kappa shape index (κ2) is 8.49. The van der Waals surface area contributed by atoms with Crippen molar-refractivity contribution in [2.75, 3.05) is 0 Å². The summed E-state index contributed by atoms with van der Waals surface area (Å²) in [6, 6.07) is 4.96. The Morgan fingerprint density at radius 2 is 1.65 bits per heavy atom. The highest BCUT2D eigenvalue weighted by Gasteiger charge is 2.26.